The van der Waals surface area contributed by atoms with Crippen LogP contribution in [0.15, 0.2) is 36.4 Å². The highest BCUT2D eigenvalue weighted by Gasteiger charge is 2.20. The van der Waals surface area contributed by atoms with Gasteiger partial charge in [0, 0.05) is 12.2 Å². The molecule has 0 unspecified atom stereocenters. The predicted molar refractivity (Wildman–Crippen MR) is 118 cm³/mol. The number of anilines is 1. The van der Waals surface area contributed by atoms with Crippen molar-refractivity contribution in [2.24, 2.45) is 0 Å². The van der Waals surface area contributed by atoms with Gasteiger partial charge in [-0.2, -0.15) is 5.26 Å². The number of carbonyl (C=O) groups is 2. The minimum atomic E-state index is -0.650. The number of esters is 1. The van der Waals surface area contributed by atoms with E-state index in [1.54, 1.807) is 12.1 Å². The Balaban J connectivity index is 2.12. The van der Waals surface area contributed by atoms with Crippen molar-refractivity contribution in [1.29, 1.82) is 5.26 Å². The standard InChI is InChI=1S/C24H28N2O5/c1-16(2)31-21-8-7-19(14-22(21)29-5)24(28)30-15-23(27)26(10-6-9-25)20-12-17(3)11-18(4)13-20/h7-8,11-14,16H,6,10,15H2,1-5H3. The second-order valence-corrected chi connectivity index (χ2v) is 7.41. The van der Waals surface area contributed by atoms with Crippen LogP contribution in [0.4, 0.5) is 5.69 Å². The highest BCUT2D eigenvalue weighted by Crippen LogP contribution is 2.29. The molecule has 0 spiro atoms. The van der Waals surface area contributed by atoms with Crippen molar-refractivity contribution in [2.45, 2.75) is 40.2 Å². The molecule has 7 nitrogen and oxygen atoms in total. The normalized spacial score (nSPS) is 10.4. The van der Waals surface area contributed by atoms with E-state index in [0.29, 0.717) is 17.2 Å². The van der Waals surface area contributed by atoms with Crippen molar-refractivity contribution in [3.63, 3.8) is 0 Å². The molecular weight excluding hydrogens is 396 g/mol. The largest absolute Gasteiger partial charge is 0.493 e. The first-order chi connectivity index (χ1) is 14.7. The number of nitriles is 1. The zero-order chi connectivity index (χ0) is 23.0. The van der Waals surface area contributed by atoms with Gasteiger partial charge in [-0.3, -0.25) is 4.79 Å². The topological polar surface area (TPSA) is 88.9 Å². The van der Waals surface area contributed by atoms with Gasteiger partial charge in [0.1, 0.15) is 0 Å². The Morgan fingerprint density at radius 1 is 1.06 bits per heavy atom. The molecule has 0 N–H and O–H groups in total. The van der Waals surface area contributed by atoms with E-state index in [4.69, 9.17) is 19.5 Å². The summed E-state index contributed by atoms with van der Waals surface area (Å²) in [6, 6.07) is 12.5. The fourth-order valence-corrected chi connectivity index (χ4v) is 3.10. The van der Waals surface area contributed by atoms with Crippen molar-refractivity contribution in [1.82, 2.24) is 0 Å². The van der Waals surface area contributed by atoms with Crippen LogP contribution in [0, 0.1) is 25.2 Å². The molecule has 0 heterocycles. The number of aryl methyl sites for hydroxylation is 2. The monoisotopic (exact) mass is 424 g/mol. The predicted octanol–water partition coefficient (Wildman–Crippen LogP) is 4.20. The van der Waals surface area contributed by atoms with Crippen LogP contribution in [0.25, 0.3) is 0 Å². The lowest BCUT2D eigenvalue weighted by Gasteiger charge is -2.22. The van der Waals surface area contributed by atoms with E-state index < -0.39 is 18.5 Å². The smallest absolute Gasteiger partial charge is 0.338 e. The Morgan fingerprint density at radius 2 is 1.74 bits per heavy atom. The summed E-state index contributed by atoms with van der Waals surface area (Å²) in [7, 11) is 1.48. The van der Waals surface area contributed by atoms with Gasteiger partial charge in [-0.15, -0.1) is 0 Å². The lowest BCUT2D eigenvalue weighted by Crippen LogP contribution is -2.35. The molecular formula is C24H28N2O5. The van der Waals surface area contributed by atoms with Crippen molar-refractivity contribution in [2.75, 3.05) is 25.2 Å². The number of rotatable bonds is 9. The first-order valence-corrected chi connectivity index (χ1v) is 10.0. The SMILES string of the molecule is COc1cc(C(=O)OCC(=O)N(CCC#N)c2cc(C)cc(C)c2)ccc1OC(C)C. The van der Waals surface area contributed by atoms with Gasteiger partial charge in [0.15, 0.2) is 18.1 Å². The van der Waals surface area contributed by atoms with Gasteiger partial charge in [-0.05, 0) is 69.2 Å². The maximum Gasteiger partial charge on any atom is 0.338 e. The second-order valence-electron chi connectivity index (χ2n) is 7.41. The molecule has 0 saturated heterocycles. The zero-order valence-electron chi connectivity index (χ0n) is 18.6. The number of carbonyl (C=O) groups excluding carboxylic acids is 2. The summed E-state index contributed by atoms with van der Waals surface area (Å²) in [5.74, 6) is -0.133. The summed E-state index contributed by atoms with van der Waals surface area (Å²) in [4.78, 5) is 26.8. The number of hydrogen-bond donors (Lipinski definition) is 0. The molecule has 0 aliphatic heterocycles. The molecule has 164 valence electrons. The third kappa shape index (κ3) is 6.75. The third-order valence-corrected chi connectivity index (χ3v) is 4.36. The maximum atomic E-state index is 12.8. The quantitative estimate of drug-likeness (QED) is 0.561. The minimum Gasteiger partial charge on any atom is -0.493 e. The van der Waals surface area contributed by atoms with Gasteiger partial charge in [0.05, 0.1) is 31.3 Å². The Morgan fingerprint density at radius 3 is 2.32 bits per heavy atom. The van der Waals surface area contributed by atoms with Crippen molar-refractivity contribution >= 4 is 17.6 Å². The average molecular weight is 424 g/mol. The molecule has 0 fully saturated rings. The van der Waals surface area contributed by atoms with Gasteiger partial charge < -0.3 is 19.1 Å². The molecule has 0 bridgehead atoms. The molecule has 0 radical (unpaired) electrons. The van der Waals surface area contributed by atoms with Crippen LogP contribution in [0.2, 0.25) is 0 Å². The Kier molecular flexibility index (Phi) is 8.44. The number of benzene rings is 2. The first kappa shape index (κ1) is 23.7. The molecule has 1 amide bonds. The molecule has 0 aliphatic rings. The molecule has 0 atom stereocenters. The minimum absolute atomic E-state index is 0.0472. The van der Waals surface area contributed by atoms with Crippen LogP contribution < -0.4 is 14.4 Å². The second kappa shape index (κ2) is 11.0. The van der Waals surface area contributed by atoms with Crippen LogP contribution in [-0.2, 0) is 9.53 Å². The molecule has 0 aromatic heterocycles. The van der Waals surface area contributed by atoms with E-state index in [0.717, 1.165) is 11.1 Å². The van der Waals surface area contributed by atoms with Crippen LogP contribution in [0.3, 0.4) is 0 Å². The lowest BCUT2D eigenvalue weighted by atomic mass is 10.1. The summed E-state index contributed by atoms with van der Waals surface area (Å²) in [5.41, 5.74) is 2.91. The lowest BCUT2D eigenvalue weighted by molar-refractivity contribution is -0.121. The molecule has 2 aromatic carbocycles. The van der Waals surface area contributed by atoms with Crippen LogP contribution in [0.5, 0.6) is 11.5 Å². The van der Waals surface area contributed by atoms with Crippen molar-refractivity contribution < 1.29 is 23.8 Å². The highest BCUT2D eigenvalue weighted by molar-refractivity contribution is 5.97. The molecule has 0 aliphatic carbocycles. The average Bonchev–Trinajstić information content (AvgIpc) is 2.71. The fraction of sp³-hybridized carbons (Fsp3) is 0.375. The number of ether oxygens (including phenoxy) is 3. The summed E-state index contributed by atoms with van der Waals surface area (Å²) >= 11 is 0. The fourth-order valence-electron chi connectivity index (χ4n) is 3.10. The van der Waals surface area contributed by atoms with Gasteiger partial charge in [0.25, 0.3) is 5.91 Å². The number of hydrogen-bond acceptors (Lipinski definition) is 6. The number of amides is 1. The zero-order valence-corrected chi connectivity index (χ0v) is 18.6. The third-order valence-electron chi connectivity index (χ3n) is 4.36. The Bertz CT molecular complexity index is 958. The summed E-state index contributed by atoms with van der Waals surface area (Å²) in [6.07, 6.45) is 0.121. The molecule has 7 heteroatoms. The van der Waals surface area contributed by atoms with Gasteiger partial charge >= 0.3 is 5.97 Å². The molecule has 2 rings (SSSR count). The van der Waals surface area contributed by atoms with E-state index >= 15 is 0 Å². The van der Waals surface area contributed by atoms with Crippen LogP contribution in [0.1, 0.15) is 41.8 Å². The molecule has 2 aromatic rings. The van der Waals surface area contributed by atoms with E-state index in [2.05, 4.69) is 0 Å². The van der Waals surface area contributed by atoms with Gasteiger partial charge in [-0.25, -0.2) is 4.79 Å². The van der Waals surface area contributed by atoms with Crippen LogP contribution in [-0.4, -0.2) is 38.2 Å². The molecule has 31 heavy (non-hydrogen) atoms. The summed E-state index contributed by atoms with van der Waals surface area (Å²) in [6.45, 7) is 7.42. The van der Waals surface area contributed by atoms with E-state index in [9.17, 15) is 9.59 Å². The van der Waals surface area contributed by atoms with Gasteiger partial charge in [0.2, 0.25) is 0 Å². The highest BCUT2D eigenvalue weighted by atomic mass is 16.5. The summed E-state index contributed by atoms with van der Waals surface area (Å²) in [5, 5.41) is 8.95. The Hall–Kier alpha value is -3.53. The number of nitrogens with zero attached hydrogens (tertiary/aromatic N) is 2. The van der Waals surface area contributed by atoms with Gasteiger partial charge in [-0.1, -0.05) is 6.07 Å². The van der Waals surface area contributed by atoms with E-state index in [1.165, 1.54) is 18.1 Å². The number of methoxy groups -OCH3 is 1. The van der Waals surface area contributed by atoms with Crippen LogP contribution >= 0.6 is 0 Å². The summed E-state index contributed by atoms with van der Waals surface area (Å²) < 4.78 is 16.2. The van der Waals surface area contributed by atoms with E-state index in [1.807, 2.05) is 52.0 Å². The maximum absolute atomic E-state index is 12.8. The van der Waals surface area contributed by atoms with Crippen molar-refractivity contribution in [3.05, 3.63) is 53.1 Å². The Labute approximate surface area is 183 Å². The molecule has 0 saturated carbocycles. The van der Waals surface area contributed by atoms with Crippen molar-refractivity contribution in [3.8, 4) is 17.6 Å². The first-order valence-electron chi connectivity index (χ1n) is 10.0. The van der Waals surface area contributed by atoms with E-state index in [-0.39, 0.29) is 24.6 Å².